The minimum atomic E-state index is -5.66. The molecule has 4 aliphatic heterocycles. The molecule has 11 rings (SSSR count). The fourth-order valence-corrected chi connectivity index (χ4v) is 18.2. The lowest BCUT2D eigenvalue weighted by Gasteiger charge is -2.31. The normalized spacial score (nSPS) is 24.3. The smallest absolute Gasteiger partial charge is 0.394 e. The van der Waals surface area contributed by atoms with Gasteiger partial charge in [-0.25, -0.2) is 33.1 Å². The first-order chi connectivity index (χ1) is 63.4. The largest absolute Gasteiger partial charge is 0.475 e. The first kappa shape index (κ1) is 102. The van der Waals surface area contributed by atoms with Crippen molar-refractivity contribution < 1.29 is 131 Å². The molecule has 0 aliphatic carbocycles. The van der Waals surface area contributed by atoms with E-state index in [4.69, 9.17) is 97.6 Å². The Morgan fingerprint density at radius 2 is 0.864 bits per heavy atom. The van der Waals surface area contributed by atoms with Crippen molar-refractivity contribution in [3.8, 4) is 18.2 Å². The van der Waals surface area contributed by atoms with E-state index in [2.05, 4.69) is 45.9 Å². The molecule has 7 unspecified atom stereocenters. The number of ether oxygens (including phenoxy) is 12. The molecule has 6 N–H and O–H groups in total. The van der Waals surface area contributed by atoms with Crippen molar-refractivity contribution >= 4 is 69.9 Å². The van der Waals surface area contributed by atoms with Gasteiger partial charge in [0.25, 0.3) is 22.9 Å². The number of carbonyl (C=O) groups is 3. The Bertz CT molecular complexity index is 5690. The summed E-state index contributed by atoms with van der Waals surface area (Å²) in [4.78, 5) is 131. The first-order valence-electron chi connectivity index (χ1n) is 41.5. The number of carbonyl (C=O) groups excluding carboxylic acids is 3. The highest BCUT2D eigenvalue weighted by molar-refractivity contribution is 7.49. The van der Waals surface area contributed by atoms with Crippen LogP contribution in [0.4, 0.5) is 17.6 Å². The van der Waals surface area contributed by atoms with Crippen LogP contribution in [-0.4, -0.2) is 266 Å². The maximum atomic E-state index is 16.6. The Kier molecular flexibility index (Phi) is 37.4. The molecule has 0 saturated carbocycles. The lowest BCUT2D eigenvalue weighted by atomic mass is 10.0. The lowest BCUT2D eigenvalue weighted by Crippen LogP contribution is -2.41. The van der Waals surface area contributed by atoms with Crippen LogP contribution in [0.25, 0.3) is 11.2 Å². The summed E-state index contributed by atoms with van der Waals surface area (Å²) in [6.07, 6.45) is -21.6. The van der Waals surface area contributed by atoms with Gasteiger partial charge in [-0.2, -0.15) is 30.7 Å². The van der Waals surface area contributed by atoms with E-state index in [9.17, 15) is 59.2 Å². The van der Waals surface area contributed by atoms with Gasteiger partial charge >= 0.3 is 40.5 Å². The number of nitrogens with zero attached hydrogens (tertiary/aromatic N) is 11. The minimum Gasteiger partial charge on any atom is -0.394 e. The summed E-state index contributed by atoms with van der Waals surface area (Å²) in [7, 11) is -11.0. The zero-order valence-electron chi connectivity index (χ0n) is 73.4. The molecule has 3 amide bonds. The number of phosphoric ester groups is 3. The minimum absolute atomic E-state index is 0.0294. The van der Waals surface area contributed by atoms with E-state index >= 15 is 13.7 Å². The third-order valence-electron chi connectivity index (χ3n) is 20.7. The average Bonchev–Trinajstić information content (AvgIpc) is 1.59. The van der Waals surface area contributed by atoms with Crippen molar-refractivity contribution in [2.75, 3.05) is 143 Å². The molecule has 7 aromatic rings. The van der Waals surface area contributed by atoms with E-state index in [0.29, 0.717) is 0 Å². The molecule has 716 valence electrons. The average molecular weight is 1910 g/mol. The second-order valence-electron chi connectivity index (χ2n) is 30.2. The van der Waals surface area contributed by atoms with Crippen LogP contribution in [0, 0.1) is 66.6 Å². The van der Waals surface area contributed by atoms with Crippen LogP contribution < -0.4 is 44.1 Å². The van der Waals surface area contributed by atoms with E-state index in [-0.39, 0.29) is 103 Å². The molecule has 2 aromatic carbocycles. The summed E-state index contributed by atoms with van der Waals surface area (Å²) in [5.74, 6) is -3.96. The summed E-state index contributed by atoms with van der Waals surface area (Å²) >= 11 is 0. The number of aryl methyl sites for hydroxylation is 3. The molecule has 4 saturated heterocycles. The number of rotatable bonds is 51. The van der Waals surface area contributed by atoms with Gasteiger partial charge in [-0.1, -0.05) is 57.2 Å². The van der Waals surface area contributed by atoms with Gasteiger partial charge in [0.1, 0.15) is 72.7 Å². The van der Waals surface area contributed by atoms with Crippen LogP contribution in [0.5, 0.6) is 0 Å². The molecule has 0 spiro atoms. The van der Waals surface area contributed by atoms with Crippen LogP contribution in [-0.2, 0) is 116 Å². The molecule has 49 nitrogen and oxygen atoms in total. The topological polar surface area (TPSA) is 612 Å². The summed E-state index contributed by atoms with van der Waals surface area (Å²) in [6, 6.07) is 21.6. The Hall–Kier alpha value is -10.1. The monoisotopic (exact) mass is 1910 g/mol. The van der Waals surface area contributed by atoms with Gasteiger partial charge in [-0.05, 0) is 45.0 Å². The highest BCUT2D eigenvalue weighted by Crippen LogP contribution is 2.59. The number of anilines is 3. The Labute approximate surface area is 753 Å². The maximum Gasteiger partial charge on any atom is 0.475 e. The van der Waals surface area contributed by atoms with Crippen molar-refractivity contribution in [2.24, 2.45) is 11.8 Å². The van der Waals surface area contributed by atoms with E-state index < -0.39 is 245 Å². The van der Waals surface area contributed by atoms with Gasteiger partial charge in [-0.15, -0.1) is 0 Å². The number of H-pyrrole nitrogens is 2. The fraction of sp³-hybridized carbons (Fsp3) is 0.562. The maximum absolute atomic E-state index is 16.6. The number of aromatic amines is 2. The van der Waals surface area contributed by atoms with E-state index in [1.54, 1.807) is 69.3 Å². The van der Waals surface area contributed by atoms with Crippen LogP contribution in [0.2, 0.25) is 0 Å². The van der Waals surface area contributed by atoms with Gasteiger partial charge in [0.2, 0.25) is 11.9 Å². The molecule has 4 fully saturated rings. The second kappa shape index (κ2) is 48.2. The molecule has 0 bridgehead atoms. The SMILES string of the molecule is COCCOC1[C@@H](C)[C@@H](COP(=O)(OCCC#N)O[C@@H]2C(OCCOC)[C@H](n3cnc4c(=O)[nH]c(NC(=O)C(C)C)nc43)O[C@@H]2COP(=O)(OCCC#N)O[C@@H]2C(OCCOC)[C@H](n3cc(C)c(NC(=O)c4ccccc4)nc3=O)O[C@@H]2COP(=O)(OCCC#N)O[C@@H]2C(OCCOC)[C@H](n3cc(C)c(NC(=O)c4ccccc4)nc3=O)O[C@@H]2CO)O[C@H]1n1cc(C)c(=O)[nH]c1=O. The molecule has 19 atom stereocenters. The number of methoxy groups -OCH3 is 4. The molecular weight excluding hydrogens is 1810 g/mol. The van der Waals surface area contributed by atoms with Crippen molar-refractivity contribution in [1.82, 2.24) is 48.2 Å². The number of hydrogen-bond donors (Lipinski definition) is 6. The zero-order valence-corrected chi connectivity index (χ0v) is 76.1. The number of hydrogen-bond acceptors (Lipinski definition) is 40. The van der Waals surface area contributed by atoms with Crippen LogP contribution in [0.3, 0.4) is 0 Å². The summed E-state index contributed by atoms with van der Waals surface area (Å²) in [5, 5.41) is 48.8. The van der Waals surface area contributed by atoms with Crippen molar-refractivity contribution in [1.29, 1.82) is 15.8 Å². The van der Waals surface area contributed by atoms with Gasteiger partial charge in [0.15, 0.2) is 36.1 Å². The quantitative estimate of drug-likeness (QED) is 0.0219. The summed E-state index contributed by atoms with van der Waals surface area (Å²) in [6.45, 7) is 1.63. The van der Waals surface area contributed by atoms with Crippen molar-refractivity contribution in [2.45, 2.75) is 153 Å². The number of aliphatic hydroxyl groups is 1. The molecule has 9 heterocycles. The number of benzene rings is 2. The first-order valence-corrected chi connectivity index (χ1v) is 45.8. The molecule has 5 aromatic heterocycles. The number of aromatic nitrogens is 10. The third-order valence-corrected chi connectivity index (χ3v) is 25.1. The number of amides is 3. The molecule has 132 heavy (non-hydrogen) atoms. The standard InChI is InChI=1S/C80H103N16O33P3/c1-46(2)68(98)90-77-89-67-57(72(102)91-77)84-45-96(67)76-64(116-37-33-112-10)61(129-130(106,117-27-17-24-81)120-42-54-50(6)58(113-34-30-109-7)73(124-54)95-40-49(5)69(99)92-80(95)105)56(126-76)44-122-132(108,119-29-19-26-83)128-60-55(125-75(63(60)115-36-32-111-9)94-39-48(4)66(88-79(94)104)86-71(101)52-22-15-12-16-23-52)43-121-131(107,118-28-18-25-82)127-59-53(41-97)123-74(62(59)114-35-31-110-8)93-38-47(3)65(87-78(93)103)85-70(100)51-20-13-11-14-21-51/h11-16,20-23,38-40,45-46,50,53-56,58-64,73-76,97H,17-19,27-37,41-44H2,1-10H3,(H,92,99,105)(H,85,87,100,103)(H,86,88,101,104)(H2,89,90,91,98,102)/t50-,53+,54+,55+,56+,58?,59-,60-,61-,62?,63?,64?,73+,74+,75+,76+,130?,131?,132?/m0/s1. The fourth-order valence-electron chi connectivity index (χ4n) is 14.0. The lowest BCUT2D eigenvalue weighted by molar-refractivity contribution is -0.119. The van der Waals surface area contributed by atoms with Crippen LogP contribution in [0.15, 0.2) is 110 Å². The Morgan fingerprint density at radius 3 is 1.28 bits per heavy atom. The predicted octanol–water partition coefficient (Wildman–Crippen LogP) is 4.87. The number of phosphoric acid groups is 3. The molecule has 52 heteroatoms. The van der Waals surface area contributed by atoms with Crippen molar-refractivity contribution in [3.63, 3.8) is 0 Å². The van der Waals surface area contributed by atoms with E-state index in [1.165, 1.54) is 84.5 Å². The summed E-state index contributed by atoms with van der Waals surface area (Å²) in [5.41, 5.74) is -4.30. The van der Waals surface area contributed by atoms with Gasteiger partial charge < -0.3 is 72.6 Å². The van der Waals surface area contributed by atoms with Gasteiger partial charge in [0.05, 0.1) is 149 Å². The van der Waals surface area contributed by atoms with Gasteiger partial charge in [-0.3, -0.25) is 98.2 Å². The number of nitriles is 3. The van der Waals surface area contributed by atoms with Crippen molar-refractivity contribution in [3.05, 3.63) is 166 Å². The highest BCUT2D eigenvalue weighted by Gasteiger charge is 2.58. The second-order valence-corrected chi connectivity index (χ2v) is 35.1. The Morgan fingerprint density at radius 1 is 0.477 bits per heavy atom. The molecule has 0 radical (unpaired) electrons. The predicted molar refractivity (Wildman–Crippen MR) is 455 cm³/mol. The third kappa shape index (κ3) is 25.9. The number of imidazole rings is 1. The number of nitrogens with one attached hydrogen (secondary N) is 5. The van der Waals surface area contributed by atoms with E-state index in [1.807, 2.05) is 18.2 Å². The van der Waals surface area contributed by atoms with Crippen LogP contribution in [0.1, 0.15) is 102 Å². The van der Waals surface area contributed by atoms with Crippen LogP contribution >= 0.6 is 23.5 Å². The number of aliphatic hydroxyl groups excluding tert-OH is 1. The van der Waals surface area contributed by atoms with Gasteiger partial charge in [0, 0.05) is 86.7 Å². The van der Waals surface area contributed by atoms with E-state index in [0.717, 1.165) is 20.0 Å². The molecular formula is C80H103N16O33P3. The highest BCUT2D eigenvalue weighted by atomic mass is 31.2. The molecule has 4 aliphatic rings. The zero-order chi connectivity index (χ0) is 95.0. The summed E-state index contributed by atoms with van der Waals surface area (Å²) < 4.78 is 182. The Balaban J connectivity index is 1.00. The number of fused-ring (bicyclic) bond motifs is 1.